The van der Waals surface area contributed by atoms with E-state index in [1.54, 1.807) is 6.08 Å². The lowest BCUT2D eigenvalue weighted by molar-refractivity contribution is -0.121. The molecule has 2 fully saturated rings. The van der Waals surface area contributed by atoms with Crippen LogP contribution in [0.4, 0.5) is 0 Å². The highest BCUT2D eigenvalue weighted by Gasteiger charge is 2.41. The van der Waals surface area contributed by atoms with Crippen LogP contribution >= 0.6 is 0 Å². The summed E-state index contributed by atoms with van der Waals surface area (Å²) in [6.45, 7) is 16.8. The highest BCUT2D eigenvalue weighted by molar-refractivity contribution is 5.88. The number of amides is 2. The van der Waals surface area contributed by atoms with Gasteiger partial charge in [-0.3, -0.25) is 19.4 Å². The van der Waals surface area contributed by atoms with Crippen molar-refractivity contribution in [3.63, 3.8) is 0 Å². The van der Waals surface area contributed by atoms with Crippen molar-refractivity contribution >= 4 is 11.8 Å². The molecule has 0 aromatic carbocycles. The van der Waals surface area contributed by atoms with Gasteiger partial charge in [0.2, 0.25) is 11.8 Å². The molecule has 0 saturated carbocycles. The van der Waals surface area contributed by atoms with Crippen molar-refractivity contribution in [3.8, 4) is 0 Å². The first-order valence-corrected chi connectivity index (χ1v) is 9.56. The second kappa shape index (κ2) is 8.35. The van der Waals surface area contributed by atoms with Crippen molar-refractivity contribution in [2.75, 3.05) is 19.6 Å². The molecule has 0 radical (unpaired) electrons. The zero-order valence-corrected chi connectivity index (χ0v) is 16.8. The highest BCUT2D eigenvalue weighted by Crippen LogP contribution is 2.24. The maximum Gasteiger partial charge on any atom is 0.243 e. The lowest BCUT2D eigenvalue weighted by Crippen LogP contribution is -2.69. The summed E-state index contributed by atoms with van der Waals surface area (Å²) in [6.07, 6.45) is 5.72. The Bertz CT molecular complexity index is 566. The van der Waals surface area contributed by atoms with Crippen LogP contribution in [-0.4, -0.2) is 71.0 Å². The number of rotatable bonds is 8. The van der Waals surface area contributed by atoms with Gasteiger partial charge >= 0.3 is 0 Å². The van der Waals surface area contributed by atoms with E-state index in [0.29, 0.717) is 18.1 Å². The molecule has 2 saturated heterocycles. The molecule has 2 heterocycles. The first-order valence-electron chi connectivity index (χ1n) is 9.56. The van der Waals surface area contributed by atoms with E-state index >= 15 is 0 Å². The van der Waals surface area contributed by atoms with E-state index in [-0.39, 0.29) is 23.4 Å². The summed E-state index contributed by atoms with van der Waals surface area (Å²) in [4.78, 5) is 28.2. The van der Waals surface area contributed by atoms with Gasteiger partial charge in [-0.1, -0.05) is 12.7 Å². The highest BCUT2D eigenvalue weighted by atomic mass is 16.2. The Morgan fingerprint density at radius 1 is 1.27 bits per heavy atom. The quantitative estimate of drug-likeness (QED) is 0.639. The molecule has 2 N–H and O–H groups in total. The first kappa shape index (κ1) is 20.6. The topological polar surface area (TPSA) is 64.7 Å². The minimum atomic E-state index is -0.177. The Morgan fingerprint density at radius 2 is 1.92 bits per heavy atom. The van der Waals surface area contributed by atoms with Crippen LogP contribution in [0.1, 0.15) is 41.0 Å². The van der Waals surface area contributed by atoms with E-state index in [1.807, 2.05) is 13.0 Å². The smallest absolute Gasteiger partial charge is 0.243 e. The molecule has 6 nitrogen and oxygen atoms in total. The van der Waals surface area contributed by atoms with Gasteiger partial charge in [0.05, 0.1) is 11.6 Å². The molecule has 0 spiro atoms. The van der Waals surface area contributed by atoms with Gasteiger partial charge in [-0.15, -0.1) is 0 Å². The summed E-state index contributed by atoms with van der Waals surface area (Å²) in [7, 11) is 0. The Hall–Kier alpha value is -1.66. The van der Waals surface area contributed by atoms with Gasteiger partial charge < -0.3 is 10.6 Å². The lowest BCUT2D eigenvalue weighted by Gasteiger charge is -2.51. The van der Waals surface area contributed by atoms with Gasteiger partial charge in [0.15, 0.2) is 0 Å². The Labute approximate surface area is 157 Å². The number of carbonyl (C=O) groups excluding carboxylic acids is 2. The van der Waals surface area contributed by atoms with Crippen LogP contribution in [0, 0.1) is 0 Å². The number of hydrogen-bond donors (Lipinski definition) is 2. The van der Waals surface area contributed by atoms with Crippen LogP contribution in [0.5, 0.6) is 0 Å². The monoisotopic (exact) mass is 362 g/mol. The minimum Gasteiger partial charge on any atom is -0.347 e. The van der Waals surface area contributed by atoms with Crippen LogP contribution in [-0.2, 0) is 9.59 Å². The van der Waals surface area contributed by atoms with Gasteiger partial charge in [0, 0.05) is 37.8 Å². The van der Waals surface area contributed by atoms with Crippen molar-refractivity contribution in [1.82, 2.24) is 20.4 Å². The van der Waals surface area contributed by atoms with Crippen LogP contribution in [0.25, 0.3) is 0 Å². The standard InChI is InChI=1S/C20H34N4O2/c1-7-18(25)22-20(6)12-23(13-20)15(4)9-8-10-19(26)21-17-11-24(14(2)3)16(17)5/h7-8,10,14-17H,1,9,11-13H2,2-6H3,(H,21,26)(H,22,25)/b10-8+. The summed E-state index contributed by atoms with van der Waals surface area (Å²) >= 11 is 0. The summed E-state index contributed by atoms with van der Waals surface area (Å²) in [6, 6.07) is 1.51. The largest absolute Gasteiger partial charge is 0.347 e. The van der Waals surface area contributed by atoms with E-state index in [0.717, 1.165) is 26.1 Å². The summed E-state index contributed by atoms with van der Waals surface area (Å²) in [5.74, 6) is -0.137. The third kappa shape index (κ3) is 4.95. The molecule has 3 atom stereocenters. The number of nitrogens with zero attached hydrogens (tertiary/aromatic N) is 2. The molecule has 0 aromatic heterocycles. The normalized spacial score (nSPS) is 26.8. The molecule has 2 aliphatic rings. The fraction of sp³-hybridized carbons (Fsp3) is 0.700. The zero-order chi connectivity index (χ0) is 19.5. The van der Waals surface area contributed by atoms with Gasteiger partial charge in [0.1, 0.15) is 0 Å². The first-order chi connectivity index (χ1) is 12.1. The second-order valence-corrected chi connectivity index (χ2v) is 8.29. The van der Waals surface area contributed by atoms with Gasteiger partial charge in [-0.25, -0.2) is 0 Å². The van der Waals surface area contributed by atoms with Crippen molar-refractivity contribution < 1.29 is 9.59 Å². The molecule has 146 valence electrons. The number of likely N-dealkylation sites (tertiary alicyclic amines) is 2. The molecule has 6 heteroatoms. The van der Waals surface area contributed by atoms with Crippen molar-refractivity contribution in [1.29, 1.82) is 0 Å². The fourth-order valence-corrected chi connectivity index (χ4v) is 3.83. The molecule has 2 aliphatic heterocycles. The third-order valence-electron chi connectivity index (χ3n) is 5.59. The molecule has 0 aliphatic carbocycles. The maximum atomic E-state index is 12.1. The average molecular weight is 363 g/mol. The van der Waals surface area contributed by atoms with Gasteiger partial charge in [-0.2, -0.15) is 0 Å². The summed E-state index contributed by atoms with van der Waals surface area (Å²) in [5.41, 5.74) is -0.177. The molecule has 2 rings (SSSR count). The van der Waals surface area contributed by atoms with Crippen LogP contribution in [0.3, 0.4) is 0 Å². The fourth-order valence-electron chi connectivity index (χ4n) is 3.83. The van der Waals surface area contributed by atoms with E-state index in [2.05, 4.69) is 54.7 Å². The maximum absolute atomic E-state index is 12.1. The van der Waals surface area contributed by atoms with Crippen molar-refractivity contribution in [2.45, 2.75) is 70.7 Å². The van der Waals surface area contributed by atoms with E-state index in [4.69, 9.17) is 0 Å². The predicted molar refractivity (Wildman–Crippen MR) is 105 cm³/mol. The molecule has 26 heavy (non-hydrogen) atoms. The zero-order valence-electron chi connectivity index (χ0n) is 16.8. The van der Waals surface area contributed by atoms with Gasteiger partial charge in [0.25, 0.3) is 0 Å². The molecular weight excluding hydrogens is 328 g/mol. The van der Waals surface area contributed by atoms with Crippen LogP contribution in [0.15, 0.2) is 24.8 Å². The Balaban J connectivity index is 1.67. The van der Waals surface area contributed by atoms with Crippen LogP contribution < -0.4 is 10.6 Å². The number of hydrogen-bond acceptors (Lipinski definition) is 4. The third-order valence-corrected chi connectivity index (χ3v) is 5.59. The molecular formula is C20H34N4O2. The molecule has 0 aromatic rings. The van der Waals surface area contributed by atoms with E-state index in [1.165, 1.54) is 6.08 Å². The van der Waals surface area contributed by atoms with Crippen molar-refractivity contribution in [2.24, 2.45) is 0 Å². The molecule has 0 bridgehead atoms. The summed E-state index contributed by atoms with van der Waals surface area (Å²) in [5, 5.41) is 6.05. The summed E-state index contributed by atoms with van der Waals surface area (Å²) < 4.78 is 0. The molecule has 3 unspecified atom stereocenters. The van der Waals surface area contributed by atoms with Gasteiger partial charge in [-0.05, 0) is 53.2 Å². The molecule has 2 amide bonds. The minimum absolute atomic E-state index is 0.0100. The average Bonchev–Trinajstić information content (AvgIpc) is 2.54. The SMILES string of the molecule is C=CC(=O)NC1(C)CN(C(C)C/C=C/C(=O)NC2CN(C(C)C)C2C)C1. The number of nitrogens with one attached hydrogen (secondary N) is 2. The van der Waals surface area contributed by atoms with Crippen LogP contribution in [0.2, 0.25) is 0 Å². The Morgan fingerprint density at radius 3 is 2.46 bits per heavy atom. The number of carbonyl (C=O) groups is 2. The van der Waals surface area contributed by atoms with Crippen molar-refractivity contribution in [3.05, 3.63) is 24.8 Å². The second-order valence-electron chi connectivity index (χ2n) is 8.29. The predicted octanol–water partition coefficient (Wildman–Crippen LogP) is 1.30. The Kier molecular flexibility index (Phi) is 6.64. The van der Waals surface area contributed by atoms with E-state index in [9.17, 15) is 9.59 Å². The van der Waals surface area contributed by atoms with E-state index < -0.39 is 0 Å². The lowest BCUT2D eigenvalue weighted by atomic mass is 9.89.